The topological polar surface area (TPSA) is 257 Å². The maximum Gasteiger partial charge on any atom is 2.00 e. The van der Waals surface area contributed by atoms with Crippen LogP contribution in [0.5, 0.6) is 11.5 Å². The molecule has 0 saturated carbocycles. The van der Waals surface area contributed by atoms with Gasteiger partial charge >= 0.3 is 49.7 Å². The fourth-order valence-electron chi connectivity index (χ4n) is 2.61. The van der Waals surface area contributed by atoms with Gasteiger partial charge in [0.25, 0.3) is 0 Å². The molecule has 0 heterocycles. The van der Waals surface area contributed by atoms with Crippen LogP contribution in [0.3, 0.4) is 0 Å². The number of rotatable bonds is 11. The van der Waals surface area contributed by atoms with E-state index in [-0.39, 0.29) is 72.4 Å². The first-order valence-electron chi connectivity index (χ1n) is 9.78. The van der Waals surface area contributed by atoms with Gasteiger partial charge in [0.1, 0.15) is 5.75 Å². The third-order valence-electron chi connectivity index (χ3n) is 4.31. The Morgan fingerprint density at radius 3 is 1.95 bits per heavy atom. The monoisotopic (exact) mass is 544 g/mol. The molecule has 2 atom stereocenters. The standard InChI is InChI=1S/2C11H11NO6.Ca/c2*13-5-12-8-2-1-6(14)3-7(8)9(15)4-10(16)11(17)18;/h2*1-3,5,10,14,16H,4H2,(H,12,13)(H,17,18);/q;;+2/p-2/t2*10-;/m00./s1. The molecule has 0 aliphatic rings. The molecule has 2 rings (SSSR count). The molecule has 0 aromatic heterocycles. The number of Topliss-reactive ketones (excluding diaryl/α,β-unsaturated/α-hetero) is 2. The van der Waals surface area contributed by atoms with Crippen molar-refractivity contribution < 1.29 is 59.7 Å². The van der Waals surface area contributed by atoms with Crippen LogP contribution < -0.4 is 15.5 Å². The number of phenolic OH excluding ortho intramolecular Hbond substituents is 1. The maximum absolute atomic E-state index is 11.7. The minimum Gasteiger partial charge on any atom is -0.872 e. The van der Waals surface area contributed by atoms with Gasteiger partial charge in [-0.05, 0) is 24.3 Å². The maximum atomic E-state index is 11.7. The molecule has 0 aliphatic carbocycles. The summed E-state index contributed by atoms with van der Waals surface area (Å²) in [6.45, 7) is 0. The summed E-state index contributed by atoms with van der Waals surface area (Å²) in [4.78, 5) is 57.9. The average molecular weight is 544 g/mol. The van der Waals surface area contributed by atoms with Crippen molar-refractivity contribution in [2.45, 2.75) is 25.0 Å². The number of carboxylic acids is 2. The van der Waals surface area contributed by atoms with E-state index >= 15 is 0 Å². The molecule has 0 fully saturated rings. The number of aliphatic carboxylic acids is 2. The Labute approximate surface area is 238 Å². The first kappa shape index (κ1) is 33.4. The van der Waals surface area contributed by atoms with Gasteiger partial charge in [-0.2, -0.15) is 0 Å². The number of carbonyl (C=O) groups excluding carboxylic acids is 3. The Bertz CT molecular complexity index is 1170. The van der Waals surface area contributed by atoms with Crippen LogP contribution in [-0.4, -0.2) is 112 Å². The molecular formula is C22H20CaN2O12. The second-order valence-corrected chi connectivity index (χ2v) is 6.87. The number of hydrogen-bond donors (Lipinski definition) is 6. The first-order chi connectivity index (χ1) is 16.9. The molecule has 0 bridgehead atoms. The van der Waals surface area contributed by atoms with Gasteiger partial charge in [0, 0.05) is 24.0 Å². The summed E-state index contributed by atoms with van der Waals surface area (Å²) in [6, 6.07) is 6.88. The van der Waals surface area contributed by atoms with Crippen LogP contribution in [0.2, 0.25) is 0 Å². The Hall–Kier alpha value is -3.56. The summed E-state index contributed by atoms with van der Waals surface area (Å²) < 4.78 is 0. The van der Waals surface area contributed by atoms with Crippen molar-refractivity contribution in [1.82, 2.24) is 0 Å². The van der Waals surface area contributed by atoms with Gasteiger partial charge in [-0.3, -0.25) is 19.4 Å². The molecule has 14 nitrogen and oxygen atoms in total. The molecule has 0 spiro atoms. The second-order valence-electron chi connectivity index (χ2n) is 6.87. The predicted octanol–water partition coefficient (Wildman–Crippen LogP) is -1.60. The normalized spacial score (nSPS) is 11.7. The summed E-state index contributed by atoms with van der Waals surface area (Å²) >= 11 is 0. The zero-order valence-electron chi connectivity index (χ0n) is 18.9. The van der Waals surface area contributed by atoms with Crippen LogP contribution in [0.15, 0.2) is 41.4 Å². The molecule has 1 amide bonds. The summed E-state index contributed by atoms with van der Waals surface area (Å²) in [5.74, 6) is -5.23. The molecule has 0 aliphatic heterocycles. The number of aliphatic hydroxyl groups is 2. The van der Waals surface area contributed by atoms with Crippen molar-refractivity contribution >= 4 is 85.4 Å². The predicted molar refractivity (Wildman–Crippen MR) is 123 cm³/mol. The van der Waals surface area contributed by atoms with Gasteiger partial charge in [-0.15, -0.1) is 5.75 Å². The summed E-state index contributed by atoms with van der Waals surface area (Å²) in [5.41, 5.74) is -0.158. The number of carboxylic acid groups (broad SMARTS) is 2. The summed E-state index contributed by atoms with van der Waals surface area (Å²) in [5, 5.41) is 67.9. The van der Waals surface area contributed by atoms with E-state index < -0.39 is 54.3 Å². The smallest absolute Gasteiger partial charge is 0.872 e. The molecule has 15 heteroatoms. The van der Waals surface area contributed by atoms with Crippen molar-refractivity contribution in [3.05, 3.63) is 47.5 Å². The largest absolute Gasteiger partial charge is 2.00 e. The molecule has 2 aromatic rings. The number of carbonyl (C=O) groups is 5. The number of hydrogen-bond acceptors (Lipinski definition) is 11. The number of nitrogens with zero attached hydrogens (tertiary/aromatic N) is 1. The quantitative estimate of drug-likeness (QED) is 0.0467. The van der Waals surface area contributed by atoms with Crippen LogP contribution in [-0.2, 0) is 14.4 Å². The van der Waals surface area contributed by atoms with Gasteiger partial charge in [-0.25, -0.2) is 9.59 Å². The van der Waals surface area contributed by atoms with Crippen LogP contribution >= 0.6 is 0 Å². The molecule has 6 N–H and O–H groups in total. The Kier molecular flexibility index (Phi) is 14.7. The van der Waals surface area contributed by atoms with Gasteiger partial charge < -0.3 is 41.1 Å². The number of anilines is 1. The number of aromatic hydroxyl groups is 1. The third kappa shape index (κ3) is 10.9. The van der Waals surface area contributed by atoms with Crippen LogP contribution in [0.1, 0.15) is 33.6 Å². The van der Waals surface area contributed by atoms with Crippen molar-refractivity contribution in [2.24, 2.45) is 4.99 Å². The minimum absolute atomic E-state index is 0. The van der Waals surface area contributed by atoms with E-state index in [0.29, 0.717) is 6.41 Å². The molecule has 0 radical (unpaired) electrons. The molecule has 2 aromatic carbocycles. The van der Waals surface area contributed by atoms with E-state index in [0.717, 1.165) is 18.2 Å². The number of aliphatic imine (C=N–C) groups is 1. The second kappa shape index (κ2) is 16.2. The van der Waals surface area contributed by atoms with Crippen LogP contribution in [0, 0.1) is 0 Å². The van der Waals surface area contributed by atoms with Crippen molar-refractivity contribution in [3.63, 3.8) is 0 Å². The van der Waals surface area contributed by atoms with Crippen LogP contribution in [0.4, 0.5) is 11.4 Å². The van der Waals surface area contributed by atoms with Crippen molar-refractivity contribution in [3.8, 4) is 11.5 Å². The van der Waals surface area contributed by atoms with E-state index in [1.165, 1.54) is 18.2 Å². The van der Waals surface area contributed by atoms with E-state index in [2.05, 4.69) is 10.3 Å². The number of aliphatic hydroxyl groups excluding tert-OH is 2. The number of amides is 1. The Morgan fingerprint density at radius 1 is 0.919 bits per heavy atom. The fourth-order valence-corrected chi connectivity index (χ4v) is 2.61. The number of nitrogens with one attached hydrogen (secondary N) is 1. The first-order valence-corrected chi connectivity index (χ1v) is 9.78. The molecule has 0 unspecified atom stereocenters. The number of ketones is 2. The van der Waals surface area contributed by atoms with Crippen molar-refractivity contribution in [2.75, 3.05) is 5.32 Å². The van der Waals surface area contributed by atoms with Gasteiger partial charge in [0.15, 0.2) is 23.8 Å². The van der Waals surface area contributed by atoms with Crippen molar-refractivity contribution in [1.29, 1.82) is 0 Å². The molecular weight excluding hydrogens is 524 g/mol. The van der Waals surface area contributed by atoms with Crippen LogP contribution in [0.25, 0.3) is 0 Å². The molecule has 0 saturated heterocycles. The zero-order valence-corrected chi connectivity index (χ0v) is 21.1. The van der Waals surface area contributed by atoms with E-state index in [1.807, 2.05) is 0 Å². The summed E-state index contributed by atoms with van der Waals surface area (Å²) in [7, 11) is 0. The fraction of sp³-hybridized carbons (Fsp3) is 0.182. The SMILES string of the molecule is O=C(C[C@H](O)C(=O)O)c1cc([O-])ccc1N=C[O-].O=CNc1ccc(O)cc1C(=O)C[C@H](O)C(=O)O.[Ca+2]. The number of benzene rings is 2. The Morgan fingerprint density at radius 2 is 1.46 bits per heavy atom. The van der Waals surface area contributed by atoms with E-state index in [1.54, 1.807) is 0 Å². The minimum atomic E-state index is -1.86. The van der Waals surface area contributed by atoms with Gasteiger partial charge in [0.2, 0.25) is 6.41 Å². The molecule has 192 valence electrons. The van der Waals surface area contributed by atoms with E-state index in [9.17, 15) is 39.3 Å². The van der Waals surface area contributed by atoms with Gasteiger partial charge in [0.05, 0.1) is 11.4 Å². The van der Waals surface area contributed by atoms with Gasteiger partial charge in [-0.1, -0.05) is 18.5 Å². The number of phenols is 1. The summed E-state index contributed by atoms with van der Waals surface area (Å²) in [6.07, 6.45) is -4.49. The molecule has 37 heavy (non-hydrogen) atoms. The van der Waals surface area contributed by atoms with E-state index in [4.69, 9.17) is 20.4 Å². The zero-order chi connectivity index (χ0) is 27.4. The average Bonchev–Trinajstić information content (AvgIpc) is 2.81. The Balaban J connectivity index is 0.000000682. The third-order valence-corrected chi connectivity index (χ3v) is 4.31.